The number of nitrogen functional groups attached to an aromatic ring is 1. The Kier molecular flexibility index (Phi) is 3.78. The Hall–Kier alpha value is -1.36. The topological polar surface area (TPSA) is 52.0 Å². The highest BCUT2D eigenvalue weighted by Crippen LogP contribution is 2.30. The van der Waals surface area contributed by atoms with Gasteiger partial charge in [-0.15, -0.1) is 0 Å². The molecule has 6 heteroatoms. The van der Waals surface area contributed by atoms with Crippen LogP contribution in [0.2, 0.25) is 10.0 Å². The van der Waals surface area contributed by atoms with E-state index in [4.69, 9.17) is 33.4 Å². The highest BCUT2D eigenvalue weighted by molar-refractivity contribution is 7.98. The lowest BCUT2D eigenvalue weighted by atomic mass is 10.2. The summed E-state index contributed by atoms with van der Waals surface area (Å²) in [5.41, 5.74) is 8.84. The number of benzene rings is 2. The van der Waals surface area contributed by atoms with Gasteiger partial charge in [0.25, 0.3) is 5.22 Å². The molecule has 1 heterocycles. The number of oxazole rings is 1. The molecule has 0 fully saturated rings. The maximum Gasteiger partial charge on any atom is 0.257 e. The van der Waals surface area contributed by atoms with Crippen LogP contribution in [0.5, 0.6) is 0 Å². The minimum Gasteiger partial charge on any atom is -0.431 e. The fourth-order valence-corrected chi connectivity index (χ4v) is 3.16. The molecule has 0 atom stereocenters. The van der Waals surface area contributed by atoms with Crippen LogP contribution in [0.4, 0.5) is 5.69 Å². The summed E-state index contributed by atoms with van der Waals surface area (Å²) in [5, 5.41) is 1.86. The monoisotopic (exact) mass is 324 g/mol. The molecule has 0 bridgehead atoms. The lowest BCUT2D eigenvalue weighted by molar-refractivity contribution is 0.489. The number of hydrogen-bond acceptors (Lipinski definition) is 4. The predicted octanol–water partition coefficient (Wildman–Crippen LogP) is 5.01. The van der Waals surface area contributed by atoms with Crippen molar-refractivity contribution in [2.45, 2.75) is 11.0 Å². The van der Waals surface area contributed by atoms with E-state index in [1.165, 1.54) is 11.8 Å². The standard InChI is InChI=1S/C14H10Cl2N2OS/c15-9-2-1-8(11(16)5-9)7-20-14-18-12-4-3-10(17)6-13(12)19-14/h1-6H,7,17H2. The summed E-state index contributed by atoms with van der Waals surface area (Å²) in [6, 6.07) is 10.9. The molecule has 0 radical (unpaired) electrons. The van der Waals surface area contributed by atoms with Crippen molar-refractivity contribution in [2.75, 3.05) is 5.73 Å². The van der Waals surface area contributed by atoms with Crippen LogP contribution in [0.25, 0.3) is 11.1 Å². The third-order valence-corrected chi connectivity index (χ3v) is 4.22. The van der Waals surface area contributed by atoms with E-state index < -0.39 is 0 Å². The van der Waals surface area contributed by atoms with Gasteiger partial charge in [-0.05, 0) is 29.8 Å². The number of halogens is 2. The lowest BCUT2D eigenvalue weighted by Gasteiger charge is -2.02. The third-order valence-electron chi connectivity index (χ3n) is 2.76. The second-order valence-electron chi connectivity index (χ2n) is 4.23. The first-order valence-electron chi connectivity index (χ1n) is 5.84. The van der Waals surface area contributed by atoms with Crippen molar-refractivity contribution in [1.82, 2.24) is 4.98 Å². The van der Waals surface area contributed by atoms with Gasteiger partial charge in [-0.3, -0.25) is 0 Å². The zero-order valence-electron chi connectivity index (χ0n) is 10.3. The average Bonchev–Trinajstić information content (AvgIpc) is 2.79. The van der Waals surface area contributed by atoms with Gasteiger partial charge in [0.15, 0.2) is 5.58 Å². The molecule has 0 amide bonds. The van der Waals surface area contributed by atoms with Crippen LogP contribution in [0.3, 0.4) is 0 Å². The second kappa shape index (κ2) is 5.56. The maximum absolute atomic E-state index is 6.13. The Labute approximate surface area is 130 Å². The number of rotatable bonds is 3. The van der Waals surface area contributed by atoms with Crippen LogP contribution in [-0.4, -0.2) is 4.98 Å². The number of thioether (sulfide) groups is 1. The van der Waals surface area contributed by atoms with Crippen molar-refractivity contribution < 1.29 is 4.42 Å². The van der Waals surface area contributed by atoms with E-state index >= 15 is 0 Å². The average molecular weight is 325 g/mol. The summed E-state index contributed by atoms with van der Waals surface area (Å²) >= 11 is 13.5. The SMILES string of the molecule is Nc1ccc2nc(SCc3ccc(Cl)cc3Cl)oc2c1. The number of aromatic nitrogens is 1. The number of nitrogens with two attached hydrogens (primary N) is 1. The summed E-state index contributed by atoms with van der Waals surface area (Å²) in [4.78, 5) is 4.39. The highest BCUT2D eigenvalue weighted by Gasteiger charge is 2.08. The largest absolute Gasteiger partial charge is 0.431 e. The Morgan fingerprint density at radius 2 is 2.00 bits per heavy atom. The predicted molar refractivity (Wildman–Crippen MR) is 84.4 cm³/mol. The second-order valence-corrected chi connectivity index (χ2v) is 6.00. The molecule has 102 valence electrons. The van der Waals surface area contributed by atoms with E-state index in [9.17, 15) is 0 Å². The molecule has 2 aromatic carbocycles. The third kappa shape index (κ3) is 2.87. The zero-order valence-corrected chi connectivity index (χ0v) is 12.6. The normalized spacial score (nSPS) is 11.1. The van der Waals surface area contributed by atoms with Crippen LogP contribution < -0.4 is 5.73 Å². The fourth-order valence-electron chi connectivity index (χ4n) is 1.76. The number of fused-ring (bicyclic) bond motifs is 1. The zero-order chi connectivity index (χ0) is 14.1. The van der Waals surface area contributed by atoms with Gasteiger partial charge in [-0.2, -0.15) is 0 Å². The molecule has 0 aliphatic rings. The van der Waals surface area contributed by atoms with Crippen molar-refractivity contribution in [1.29, 1.82) is 0 Å². The number of nitrogens with zero attached hydrogens (tertiary/aromatic N) is 1. The first-order valence-corrected chi connectivity index (χ1v) is 7.59. The molecule has 3 rings (SSSR count). The lowest BCUT2D eigenvalue weighted by Crippen LogP contribution is -1.82. The summed E-state index contributed by atoms with van der Waals surface area (Å²) in [6.45, 7) is 0. The van der Waals surface area contributed by atoms with Crippen molar-refractivity contribution in [3.8, 4) is 0 Å². The minimum atomic E-state index is 0.594. The highest BCUT2D eigenvalue weighted by atomic mass is 35.5. The fraction of sp³-hybridized carbons (Fsp3) is 0.0714. The molecular formula is C14H10Cl2N2OS. The molecule has 0 unspecified atom stereocenters. The van der Waals surface area contributed by atoms with Crippen molar-refractivity contribution >= 4 is 51.8 Å². The first-order chi connectivity index (χ1) is 9.61. The molecule has 3 aromatic rings. The van der Waals surface area contributed by atoms with Crippen LogP contribution in [0, 0.1) is 0 Å². The first kappa shape index (κ1) is 13.6. The van der Waals surface area contributed by atoms with E-state index in [0.717, 1.165) is 11.1 Å². The smallest absolute Gasteiger partial charge is 0.257 e. The maximum atomic E-state index is 6.13. The Morgan fingerprint density at radius 3 is 2.80 bits per heavy atom. The summed E-state index contributed by atoms with van der Waals surface area (Å²) in [6.07, 6.45) is 0. The molecule has 1 aromatic heterocycles. The van der Waals surface area contributed by atoms with Gasteiger partial charge in [-0.1, -0.05) is 41.0 Å². The van der Waals surface area contributed by atoms with Gasteiger partial charge in [0, 0.05) is 27.6 Å². The molecule has 0 aliphatic carbocycles. The van der Waals surface area contributed by atoms with Gasteiger partial charge in [0.2, 0.25) is 0 Å². The molecular weight excluding hydrogens is 315 g/mol. The van der Waals surface area contributed by atoms with E-state index in [1.54, 1.807) is 18.2 Å². The Balaban J connectivity index is 1.79. The Morgan fingerprint density at radius 1 is 1.15 bits per heavy atom. The van der Waals surface area contributed by atoms with Gasteiger partial charge in [0.1, 0.15) is 5.52 Å². The van der Waals surface area contributed by atoms with Crippen LogP contribution >= 0.6 is 35.0 Å². The van der Waals surface area contributed by atoms with Crippen molar-refractivity contribution in [2.24, 2.45) is 0 Å². The van der Waals surface area contributed by atoms with Crippen molar-refractivity contribution in [3.63, 3.8) is 0 Å². The summed E-state index contributed by atoms with van der Waals surface area (Å²) < 4.78 is 5.64. The summed E-state index contributed by atoms with van der Waals surface area (Å²) in [7, 11) is 0. The molecule has 20 heavy (non-hydrogen) atoms. The van der Waals surface area contributed by atoms with E-state index in [-0.39, 0.29) is 0 Å². The minimum absolute atomic E-state index is 0.594. The van der Waals surface area contributed by atoms with E-state index in [2.05, 4.69) is 4.98 Å². The number of hydrogen-bond donors (Lipinski definition) is 1. The molecule has 0 aliphatic heterocycles. The van der Waals surface area contributed by atoms with E-state index in [1.807, 2.05) is 18.2 Å². The van der Waals surface area contributed by atoms with E-state index in [0.29, 0.717) is 32.3 Å². The molecule has 0 spiro atoms. The van der Waals surface area contributed by atoms with Crippen LogP contribution in [-0.2, 0) is 5.75 Å². The van der Waals surface area contributed by atoms with Crippen molar-refractivity contribution in [3.05, 3.63) is 52.0 Å². The summed E-state index contributed by atoms with van der Waals surface area (Å²) in [5.74, 6) is 0.665. The quantitative estimate of drug-likeness (QED) is 0.543. The van der Waals surface area contributed by atoms with Crippen LogP contribution in [0.15, 0.2) is 46.0 Å². The molecule has 0 saturated carbocycles. The molecule has 3 nitrogen and oxygen atoms in total. The van der Waals surface area contributed by atoms with Gasteiger partial charge < -0.3 is 10.2 Å². The molecule has 0 saturated heterocycles. The Bertz CT molecular complexity index is 773. The van der Waals surface area contributed by atoms with Gasteiger partial charge in [0.05, 0.1) is 0 Å². The molecule has 2 N–H and O–H groups in total. The number of anilines is 1. The van der Waals surface area contributed by atoms with Gasteiger partial charge >= 0.3 is 0 Å². The van der Waals surface area contributed by atoms with Crippen LogP contribution in [0.1, 0.15) is 5.56 Å². The van der Waals surface area contributed by atoms with Gasteiger partial charge in [-0.25, -0.2) is 4.98 Å².